The number of hydrogen-bond donors (Lipinski definition) is 0. The van der Waals surface area contributed by atoms with E-state index in [0.29, 0.717) is 0 Å². The molecule has 0 fully saturated rings. The van der Waals surface area contributed by atoms with Crippen LogP contribution in [0.3, 0.4) is 0 Å². The molecular weight excluding hydrogens is 348 g/mol. The fourth-order valence-electron chi connectivity index (χ4n) is 4.57. The molecule has 0 bridgehead atoms. The van der Waals surface area contributed by atoms with Crippen LogP contribution in [0.25, 0.3) is 0 Å². The van der Waals surface area contributed by atoms with Gasteiger partial charge in [0.2, 0.25) is 0 Å². The molecule has 0 aliphatic carbocycles. The Hall–Kier alpha value is -0.780. The predicted molar refractivity (Wildman–Crippen MR) is 133 cm³/mol. The third-order valence-electron chi connectivity index (χ3n) is 6.50. The summed E-state index contributed by atoms with van der Waals surface area (Å²) in [6.07, 6.45) is 27.8. The van der Waals surface area contributed by atoms with Crippen molar-refractivity contribution in [3.8, 4) is 0 Å². The van der Waals surface area contributed by atoms with Crippen molar-refractivity contribution in [3.05, 3.63) is 34.9 Å². The Labute approximate surface area is 184 Å². The molecule has 0 aliphatic heterocycles. The maximum Gasteiger partial charge on any atom is -0.0273 e. The zero-order valence-electron chi connectivity index (χ0n) is 20.4. The molecule has 0 aliphatic rings. The van der Waals surface area contributed by atoms with Gasteiger partial charge in [-0.1, -0.05) is 129 Å². The van der Waals surface area contributed by atoms with Crippen LogP contribution < -0.4 is 0 Å². The normalized spacial score (nSPS) is 11.3. The Morgan fingerprint density at radius 2 is 0.759 bits per heavy atom. The van der Waals surface area contributed by atoms with Crippen molar-refractivity contribution in [3.63, 3.8) is 0 Å². The summed E-state index contributed by atoms with van der Waals surface area (Å²) in [5.41, 5.74) is 5.09. The van der Waals surface area contributed by atoms with E-state index in [1.807, 2.05) is 0 Å². The first-order valence-electron chi connectivity index (χ1n) is 13.4. The molecule has 0 nitrogen and oxygen atoms in total. The Bertz CT molecular complexity index is 473. The molecule has 1 aromatic carbocycles. The Morgan fingerprint density at radius 1 is 0.414 bits per heavy atom. The van der Waals surface area contributed by atoms with Gasteiger partial charge in [0.25, 0.3) is 0 Å². The summed E-state index contributed by atoms with van der Waals surface area (Å²) in [6, 6.07) is 7.21. The molecule has 0 unspecified atom stereocenters. The van der Waals surface area contributed by atoms with Crippen LogP contribution in [0.5, 0.6) is 0 Å². The zero-order chi connectivity index (χ0) is 21.0. The highest BCUT2D eigenvalue weighted by Gasteiger charge is 2.08. The molecule has 0 N–H and O–H groups in total. The molecule has 0 atom stereocenters. The lowest BCUT2D eigenvalue weighted by Gasteiger charge is -2.15. The van der Waals surface area contributed by atoms with Crippen molar-refractivity contribution in [1.82, 2.24) is 0 Å². The minimum absolute atomic E-state index is 1.30. The van der Waals surface area contributed by atoms with E-state index in [2.05, 4.69) is 39.0 Å². The Morgan fingerprint density at radius 3 is 1.24 bits per heavy atom. The molecular formula is C29H52. The molecule has 29 heavy (non-hydrogen) atoms. The SMILES string of the molecule is CCCCCCCCCCc1cccc(CCCCC)c1CCCCCCCC. The number of aryl methyl sites for hydroxylation is 2. The molecule has 168 valence electrons. The fraction of sp³-hybridized carbons (Fsp3) is 0.793. The van der Waals surface area contributed by atoms with Gasteiger partial charge in [-0.3, -0.25) is 0 Å². The fourth-order valence-corrected chi connectivity index (χ4v) is 4.57. The van der Waals surface area contributed by atoms with Gasteiger partial charge in [0.15, 0.2) is 0 Å². The Balaban J connectivity index is 2.49. The van der Waals surface area contributed by atoms with Crippen LogP contribution in [-0.2, 0) is 19.3 Å². The molecule has 0 radical (unpaired) electrons. The summed E-state index contributed by atoms with van der Waals surface area (Å²) < 4.78 is 0. The van der Waals surface area contributed by atoms with E-state index >= 15 is 0 Å². The van der Waals surface area contributed by atoms with E-state index in [1.165, 1.54) is 128 Å². The summed E-state index contributed by atoms with van der Waals surface area (Å²) in [6.45, 7) is 6.93. The highest BCUT2D eigenvalue weighted by molar-refractivity contribution is 5.36. The summed E-state index contributed by atoms with van der Waals surface area (Å²) in [5, 5.41) is 0. The topological polar surface area (TPSA) is 0 Å². The van der Waals surface area contributed by atoms with Crippen molar-refractivity contribution >= 4 is 0 Å². The smallest absolute Gasteiger partial charge is 0.0273 e. The molecule has 1 rings (SSSR count). The van der Waals surface area contributed by atoms with Crippen LogP contribution in [0.15, 0.2) is 18.2 Å². The first-order chi connectivity index (χ1) is 14.3. The number of rotatable bonds is 20. The van der Waals surface area contributed by atoms with Gasteiger partial charge in [0, 0.05) is 0 Å². The lowest BCUT2D eigenvalue weighted by Crippen LogP contribution is -2.02. The van der Waals surface area contributed by atoms with E-state index in [9.17, 15) is 0 Å². The number of benzene rings is 1. The average Bonchev–Trinajstić information content (AvgIpc) is 2.74. The maximum atomic E-state index is 2.44. The minimum atomic E-state index is 1.30. The van der Waals surface area contributed by atoms with Gasteiger partial charge < -0.3 is 0 Å². The van der Waals surface area contributed by atoms with Crippen molar-refractivity contribution in [2.75, 3.05) is 0 Å². The molecule has 0 amide bonds. The van der Waals surface area contributed by atoms with Gasteiger partial charge in [-0.15, -0.1) is 0 Å². The van der Waals surface area contributed by atoms with Crippen LogP contribution in [0.2, 0.25) is 0 Å². The molecule has 0 saturated carbocycles. The van der Waals surface area contributed by atoms with Crippen LogP contribution in [-0.4, -0.2) is 0 Å². The largest absolute Gasteiger partial charge is 0.0654 e. The van der Waals surface area contributed by atoms with Crippen LogP contribution >= 0.6 is 0 Å². The molecule has 0 heteroatoms. The second-order valence-electron chi connectivity index (χ2n) is 9.25. The van der Waals surface area contributed by atoms with E-state index < -0.39 is 0 Å². The average molecular weight is 401 g/mol. The van der Waals surface area contributed by atoms with Gasteiger partial charge in [-0.05, 0) is 55.2 Å². The molecule has 0 heterocycles. The third-order valence-corrected chi connectivity index (χ3v) is 6.50. The van der Waals surface area contributed by atoms with Crippen molar-refractivity contribution in [2.45, 2.75) is 149 Å². The molecule has 1 aromatic rings. The van der Waals surface area contributed by atoms with Gasteiger partial charge in [-0.2, -0.15) is 0 Å². The summed E-state index contributed by atoms with van der Waals surface area (Å²) in [5.74, 6) is 0. The second-order valence-corrected chi connectivity index (χ2v) is 9.25. The Kier molecular flexibility index (Phi) is 17.4. The van der Waals surface area contributed by atoms with E-state index in [1.54, 1.807) is 16.7 Å². The maximum absolute atomic E-state index is 2.44. The van der Waals surface area contributed by atoms with E-state index in [-0.39, 0.29) is 0 Å². The predicted octanol–water partition coefficient (Wildman–Crippen LogP) is 10.0. The van der Waals surface area contributed by atoms with Crippen molar-refractivity contribution in [1.29, 1.82) is 0 Å². The third kappa shape index (κ3) is 13.2. The summed E-state index contributed by atoms with van der Waals surface area (Å²) >= 11 is 0. The quantitative estimate of drug-likeness (QED) is 0.191. The highest BCUT2D eigenvalue weighted by atomic mass is 14.1. The van der Waals surface area contributed by atoms with Gasteiger partial charge >= 0.3 is 0 Å². The second kappa shape index (κ2) is 19.2. The van der Waals surface area contributed by atoms with Crippen LogP contribution in [0.4, 0.5) is 0 Å². The highest BCUT2D eigenvalue weighted by Crippen LogP contribution is 2.23. The van der Waals surface area contributed by atoms with Crippen LogP contribution in [0.1, 0.15) is 147 Å². The first kappa shape index (κ1) is 26.3. The molecule has 0 saturated heterocycles. The molecule has 0 aromatic heterocycles. The van der Waals surface area contributed by atoms with E-state index in [0.717, 1.165) is 0 Å². The number of unbranched alkanes of at least 4 members (excludes halogenated alkanes) is 14. The first-order valence-corrected chi connectivity index (χ1v) is 13.4. The van der Waals surface area contributed by atoms with Crippen molar-refractivity contribution in [2.24, 2.45) is 0 Å². The monoisotopic (exact) mass is 400 g/mol. The summed E-state index contributed by atoms with van der Waals surface area (Å²) in [7, 11) is 0. The zero-order valence-corrected chi connectivity index (χ0v) is 20.4. The van der Waals surface area contributed by atoms with Crippen molar-refractivity contribution < 1.29 is 0 Å². The standard InChI is InChI=1S/C29H52/c1-4-7-10-12-14-15-16-19-23-28-25-21-24-27(22-18-9-6-3)29(28)26-20-17-13-11-8-5-2/h21,24-25H,4-20,22-23,26H2,1-3H3. The van der Waals surface area contributed by atoms with Gasteiger partial charge in [0.1, 0.15) is 0 Å². The van der Waals surface area contributed by atoms with E-state index in [4.69, 9.17) is 0 Å². The minimum Gasteiger partial charge on any atom is -0.0654 e. The molecule has 0 spiro atoms. The summed E-state index contributed by atoms with van der Waals surface area (Å²) in [4.78, 5) is 0. The van der Waals surface area contributed by atoms with Crippen LogP contribution in [0, 0.1) is 0 Å². The lowest BCUT2D eigenvalue weighted by atomic mass is 9.90. The van der Waals surface area contributed by atoms with Gasteiger partial charge in [-0.25, -0.2) is 0 Å². The lowest BCUT2D eigenvalue weighted by molar-refractivity contribution is 0.573. The van der Waals surface area contributed by atoms with Gasteiger partial charge in [0.05, 0.1) is 0 Å². The number of hydrogen-bond acceptors (Lipinski definition) is 0.